The van der Waals surface area contributed by atoms with Crippen molar-refractivity contribution >= 4 is 12.2 Å². The standard InChI is InChI=1S/2C19H27.C2H4.2ClH.Hf/c2*1-12(2)15-8-9-16(13(3)4)18-11-14(10-17(15)18)19(5,6)7;1-2;;;/h2*8-13H,1-7H3;1-2H2;2*1H;/q;;;;;+2/p-2. The van der Waals surface area contributed by atoms with E-state index in [4.69, 9.17) is 0 Å². The van der Waals surface area contributed by atoms with E-state index in [0.29, 0.717) is 31.0 Å². The number of benzene rings is 2. The molecule has 2 aromatic carbocycles. The molecule has 236 valence electrons. The fraction of sp³-hybridized carbons (Fsp3) is 0.600. The Bertz CT molecular complexity index is 1310. The molecule has 0 aromatic heterocycles. The molecule has 0 N–H and O–H groups in total. The normalized spacial score (nSPS) is 19.9. The first kappa shape index (κ1) is 36.8. The SMILES string of the molecule is CC(C)c1ccc(C(C)C)c2c1C=C(C(C)(C)C)[CH]2[Hf+2]1([CH]2C(C(C)(C)C)=Cc3c(C(C)C)ccc(C(C)C)c32)[CH2][CH2]1.[Cl-].[Cl-]. The summed E-state index contributed by atoms with van der Waals surface area (Å²) in [5.74, 6) is 2.20. The van der Waals surface area contributed by atoms with Crippen molar-refractivity contribution in [3.05, 3.63) is 79.9 Å². The van der Waals surface area contributed by atoms with Gasteiger partial charge in [0.15, 0.2) is 0 Å². The Balaban J connectivity index is 0.00000253. The van der Waals surface area contributed by atoms with Crippen molar-refractivity contribution in [1.29, 1.82) is 0 Å². The van der Waals surface area contributed by atoms with Crippen molar-refractivity contribution < 1.29 is 44.8 Å². The molecule has 2 unspecified atom stereocenters. The van der Waals surface area contributed by atoms with Crippen LogP contribution in [-0.4, -0.2) is 0 Å². The van der Waals surface area contributed by atoms with Crippen LogP contribution in [0.15, 0.2) is 35.4 Å². The zero-order chi connectivity index (χ0) is 30.4. The van der Waals surface area contributed by atoms with Gasteiger partial charge in [0.1, 0.15) is 0 Å². The van der Waals surface area contributed by atoms with E-state index in [-0.39, 0.29) is 35.6 Å². The summed E-state index contributed by atoms with van der Waals surface area (Å²) in [6.45, 7) is 34.4. The Morgan fingerprint density at radius 1 is 0.512 bits per heavy atom. The molecule has 3 heteroatoms. The zero-order valence-electron chi connectivity index (χ0n) is 29.6. The minimum atomic E-state index is -3.08. The quantitative estimate of drug-likeness (QED) is 0.281. The van der Waals surface area contributed by atoms with Crippen LogP contribution in [0.3, 0.4) is 0 Å². The largest absolute Gasteiger partial charge is 1.00 e. The number of rotatable bonds is 6. The van der Waals surface area contributed by atoms with Gasteiger partial charge in [0.2, 0.25) is 0 Å². The molecule has 2 aliphatic carbocycles. The van der Waals surface area contributed by atoms with Crippen molar-refractivity contribution in [2.24, 2.45) is 10.8 Å². The molecule has 2 aromatic rings. The molecule has 0 bridgehead atoms. The summed E-state index contributed by atoms with van der Waals surface area (Å²) in [6, 6.07) is 10.0. The van der Waals surface area contributed by atoms with Gasteiger partial charge in [-0.3, -0.25) is 0 Å². The first-order valence-electron chi connectivity index (χ1n) is 16.7. The Hall–Kier alpha value is -0.630. The zero-order valence-corrected chi connectivity index (χ0v) is 34.7. The number of hydrogen-bond donors (Lipinski definition) is 0. The average Bonchev–Trinajstić information content (AvgIpc) is 3.34. The van der Waals surface area contributed by atoms with Crippen molar-refractivity contribution in [3.8, 4) is 0 Å². The molecule has 0 radical (unpaired) electrons. The molecule has 5 rings (SSSR count). The first-order chi connectivity index (χ1) is 18.9. The van der Waals surface area contributed by atoms with Crippen LogP contribution in [0.25, 0.3) is 12.2 Å². The third kappa shape index (κ3) is 6.12. The molecular weight excluding hydrogens is 730 g/mol. The maximum atomic E-state index is 2.73. The Labute approximate surface area is 282 Å². The topological polar surface area (TPSA) is 0 Å². The van der Waals surface area contributed by atoms with Gasteiger partial charge >= 0.3 is 259 Å². The molecule has 2 atom stereocenters. The van der Waals surface area contributed by atoms with Crippen LogP contribution in [0.4, 0.5) is 0 Å². The van der Waals surface area contributed by atoms with Gasteiger partial charge in [-0.2, -0.15) is 0 Å². The summed E-state index contributed by atoms with van der Waals surface area (Å²) < 4.78 is 4.46. The van der Waals surface area contributed by atoms with Crippen molar-refractivity contribution in [2.45, 2.75) is 136 Å². The summed E-state index contributed by atoms with van der Waals surface area (Å²) in [5.41, 5.74) is 17.1. The van der Waals surface area contributed by atoms with E-state index in [1.165, 1.54) is 8.35 Å². The molecule has 0 spiro atoms. The van der Waals surface area contributed by atoms with Crippen LogP contribution in [0, 0.1) is 10.8 Å². The monoisotopic (exact) mass is 788 g/mol. The second kappa shape index (κ2) is 12.5. The number of hydrogen-bond acceptors (Lipinski definition) is 0. The van der Waals surface area contributed by atoms with Crippen LogP contribution in [-0.2, 0) is 20.0 Å². The van der Waals surface area contributed by atoms with Crippen LogP contribution < -0.4 is 24.8 Å². The Morgan fingerprint density at radius 2 is 0.791 bits per heavy atom. The molecular formula is C40H58Cl2Hf. The summed E-state index contributed by atoms with van der Waals surface area (Å²) in [6.07, 6.45) is 5.46. The van der Waals surface area contributed by atoms with Crippen LogP contribution in [0.1, 0.15) is 172 Å². The van der Waals surface area contributed by atoms with E-state index in [9.17, 15) is 0 Å². The van der Waals surface area contributed by atoms with Crippen LogP contribution in [0.2, 0.25) is 8.35 Å². The Morgan fingerprint density at radius 3 is 1.02 bits per heavy atom. The maximum Gasteiger partial charge on any atom is -1.00 e. The first-order valence-corrected chi connectivity index (χ1v) is 25.9. The van der Waals surface area contributed by atoms with Gasteiger partial charge in [-0.25, -0.2) is 0 Å². The van der Waals surface area contributed by atoms with Gasteiger partial charge < -0.3 is 24.8 Å². The summed E-state index contributed by atoms with van der Waals surface area (Å²) in [7, 11) is 0. The van der Waals surface area contributed by atoms with Crippen molar-refractivity contribution in [2.75, 3.05) is 0 Å². The molecule has 0 amide bonds. The third-order valence-electron chi connectivity index (χ3n) is 10.7. The number of allylic oxidation sites excluding steroid dienone is 2. The van der Waals surface area contributed by atoms with E-state index in [1.807, 2.05) is 0 Å². The molecule has 1 saturated heterocycles. The van der Waals surface area contributed by atoms with E-state index in [0.717, 1.165) is 0 Å². The van der Waals surface area contributed by atoms with E-state index < -0.39 is 20.0 Å². The maximum absolute atomic E-state index is 3.08. The minimum Gasteiger partial charge on any atom is -1.00 e. The second-order valence-corrected chi connectivity index (χ2v) is 33.7. The van der Waals surface area contributed by atoms with E-state index in [1.54, 1.807) is 55.7 Å². The van der Waals surface area contributed by atoms with Crippen LogP contribution >= 0.6 is 0 Å². The van der Waals surface area contributed by atoms with Gasteiger partial charge in [-0.05, 0) is 0 Å². The molecule has 3 aliphatic rings. The number of fused-ring (bicyclic) bond motifs is 2. The molecule has 43 heavy (non-hydrogen) atoms. The van der Waals surface area contributed by atoms with Gasteiger partial charge in [-0.1, -0.05) is 0 Å². The predicted molar refractivity (Wildman–Crippen MR) is 179 cm³/mol. The molecule has 1 heterocycles. The average molecular weight is 788 g/mol. The van der Waals surface area contributed by atoms with E-state index in [2.05, 4.69) is 133 Å². The van der Waals surface area contributed by atoms with Crippen LogP contribution in [0.5, 0.6) is 0 Å². The van der Waals surface area contributed by atoms with Crippen molar-refractivity contribution in [3.63, 3.8) is 0 Å². The smallest absolute Gasteiger partial charge is 1.00 e. The molecule has 0 nitrogen and oxygen atoms in total. The number of halogens is 2. The molecule has 1 aliphatic heterocycles. The minimum absolute atomic E-state index is 0. The summed E-state index contributed by atoms with van der Waals surface area (Å²) >= 11 is -3.08. The van der Waals surface area contributed by atoms with E-state index >= 15 is 0 Å². The summed E-state index contributed by atoms with van der Waals surface area (Å²) in [5, 5.41) is 0. The fourth-order valence-electron chi connectivity index (χ4n) is 8.49. The third-order valence-corrected chi connectivity index (χ3v) is 29.2. The van der Waals surface area contributed by atoms with Gasteiger partial charge in [0, 0.05) is 0 Å². The van der Waals surface area contributed by atoms with Gasteiger partial charge in [0.25, 0.3) is 0 Å². The summed E-state index contributed by atoms with van der Waals surface area (Å²) in [4.78, 5) is 0. The van der Waals surface area contributed by atoms with Gasteiger partial charge in [0.05, 0.1) is 0 Å². The second-order valence-electron chi connectivity index (χ2n) is 17.1. The molecule has 0 saturated carbocycles. The molecule has 1 fully saturated rings. The fourth-order valence-corrected chi connectivity index (χ4v) is 38.0. The Kier molecular flexibility index (Phi) is 10.7. The predicted octanol–water partition coefficient (Wildman–Crippen LogP) is 6.86. The van der Waals surface area contributed by atoms with Crippen molar-refractivity contribution in [1.82, 2.24) is 0 Å². The van der Waals surface area contributed by atoms with Gasteiger partial charge in [-0.15, -0.1) is 0 Å².